The van der Waals surface area contributed by atoms with Gasteiger partial charge in [0.25, 0.3) is 0 Å². The van der Waals surface area contributed by atoms with Gasteiger partial charge in [-0.25, -0.2) is 0 Å². The third-order valence-electron chi connectivity index (χ3n) is 1.12. The topological polar surface area (TPSA) is 30.0 Å². The van der Waals surface area contributed by atoms with Crippen LogP contribution < -0.4 is 0 Å². The van der Waals surface area contributed by atoms with E-state index in [2.05, 4.69) is 4.98 Å². The molecule has 0 aromatic carbocycles. The highest BCUT2D eigenvalue weighted by Crippen LogP contribution is 2.01. The standard InChI is InChI=1S/C7H6ClNO/c8-3-6-1-2-7(5-10)9-4-6/h1-2,4-5H,3H2. The van der Waals surface area contributed by atoms with Crippen LogP contribution in [0, 0.1) is 0 Å². The summed E-state index contributed by atoms with van der Waals surface area (Å²) >= 11 is 5.49. The van der Waals surface area contributed by atoms with Crippen molar-refractivity contribution in [3.05, 3.63) is 29.6 Å². The minimum Gasteiger partial charge on any atom is -0.296 e. The van der Waals surface area contributed by atoms with Crippen LogP contribution in [0.5, 0.6) is 0 Å². The number of carbonyl (C=O) groups excluding carboxylic acids is 1. The third-order valence-corrected chi connectivity index (χ3v) is 1.43. The second-order valence-corrected chi connectivity index (χ2v) is 2.11. The summed E-state index contributed by atoms with van der Waals surface area (Å²) < 4.78 is 0. The van der Waals surface area contributed by atoms with Gasteiger partial charge in [0.05, 0.1) is 0 Å². The minimum atomic E-state index is 0.437. The molecular formula is C7H6ClNO. The van der Waals surface area contributed by atoms with E-state index >= 15 is 0 Å². The Balaban J connectivity index is 2.90. The highest BCUT2D eigenvalue weighted by Gasteiger charge is 1.91. The summed E-state index contributed by atoms with van der Waals surface area (Å²) in [5.41, 5.74) is 1.36. The van der Waals surface area contributed by atoms with Gasteiger partial charge in [-0.15, -0.1) is 11.6 Å². The SMILES string of the molecule is O=Cc1ccc(CCl)cn1. The molecule has 0 atom stereocenters. The lowest BCUT2D eigenvalue weighted by atomic mass is 10.3. The highest BCUT2D eigenvalue weighted by molar-refractivity contribution is 6.17. The minimum absolute atomic E-state index is 0.437. The highest BCUT2D eigenvalue weighted by atomic mass is 35.5. The number of pyridine rings is 1. The van der Waals surface area contributed by atoms with E-state index in [9.17, 15) is 4.79 Å². The Bertz CT molecular complexity index is 220. The first-order valence-electron chi connectivity index (χ1n) is 2.83. The molecule has 1 aromatic heterocycles. The summed E-state index contributed by atoms with van der Waals surface area (Å²) in [5.74, 6) is 0.437. The maximum absolute atomic E-state index is 10.1. The van der Waals surface area contributed by atoms with Crippen LogP contribution in [0.1, 0.15) is 16.1 Å². The molecular weight excluding hydrogens is 150 g/mol. The van der Waals surface area contributed by atoms with Crippen LogP contribution in [0.3, 0.4) is 0 Å². The quantitative estimate of drug-likeness (QED) is 0.480. The van der Waals surface area contributed by atoms with Gasteiger partial charge in [-0.2, -0.15) is 0 Å². The molecule has 1 rings (SSSR count). The summed E-state index contributed by atoms with van der Waals surface area (Å²) in [6.45, 7) is 0. The molecule has 1 aromatic rings. The van der Waals surface area contributed by atoms with Crippen LogP contribution in [0.15, 0.2) is 18.3 Å². The average Bonchev–Trinajstić information content (AvgIpc) is 2.05. The molecule has 0 spiro atoms. The average molecular weight is 156 g/mol. The van der Waals surface area contributed by atoms with Gasteiger partial charge < -0.3 is 0 Å². The number of halogens is 1. The van der Waals surface area contributed by atoms with Crippen molar-refractivity contribution in [2.24, 2.45) is 0 Å². The van der Waals surface area contributed by atoms with Gasteiger partial charge in [0.15, 0.2) is 6.29 Å². The van der Waals surface area contributed by atoms with E-state index in [1.807, 2.05) is 0 Å². The van der Waals surface area contributed by atoms with Gasteiger partial charge in [-0.05, 0) is 11.6 Å². The molecule has 10 heavy (non-hydrogen) atoms. The van der Waals surface area contributed by atoms with E-state index in [1.54, 1.807) is 18.3 Å². The number of alkyl halides is 1. The fourth-order valence-electron chi connectivity index (χ4n) is 0.585. The van der Waals surface area contributed by atoms with Crippen LogP contribution >= 0.6 is 11.6 Å². The molecule has 3 heteroatoms. The van der Waals surface area contributed by atoms with Crippen molar-refractivity contribution in [3.63, 3.8) is 0 Å². The summed E-state index contributed by atoms with van der Waals surface area (Å²) in [6, 6.07) is 3.43. The monoisotopic (exact) mass is 155 g/mol. The van der Waals surface area contributed by atoms with Gasteiger partial charge in [-0.1, -0.05) is 6.07 Å². The van der Waals surface area contributed by atoms with Gasteiger partial charge in [0, 0.05) is 12.1 Å². The molecule has 0 radical (unpaired) electrons. The van der Waals surface area contributed by atoms with Crippen LogP contribution in [0.25, 0.3) is 0 Å². The van der Waals surface area contributed by atoms with Crippen LogP contribution in [0.4, 0.5) is 0 Å². The fraction of sp³-hybridized carbons (Fsp3) is 0.143. The lowest BCUT2D eigenvalue weighted by Crippen LogP contribution is -1.86. The number of aromatic nitrogens is 1. The summed E-state index contributed by atoms with van der Waals surface area (Å²) in [4.78, 5) is 13.9. The van der Waals surface area contributed by atoms with Crippen molar-refractivity contribution in [3.8, 4) is 0 Å². The molecule has 2 nitrogen and oxygen atoms in total. The molecule has 0 saturated heterocycles. The Morgan fingerprint density at radius 1 is 1.60 bits per heavy atom. The smallest absolute Gasteiger partial charge is 0.168 e. The Hall–Kier alpha value is -0.890. The Morgan fingerprint density at radius 2 is 2.40 bits per heavy atom. The molecule has 0 bridgehead atoms. The molecule has 0 unspecified atom stereocenters. The first kappa shape index (κ1) is 7.22. The fourth-order valence-corrected chi connectivity index (χ4v) is 0.743. The van der Waals surface area contributed by atoms with Gasteiger partial charge in [0.2, 0.25) is 0 Å². The normalized spacial score (nSPS) is 9.30. The number of hydrogen-bond donors (Lipinski definition) is 0. The van der Waals surface area contributed by atoms with E-state index in [1.165, 1.54) is 0 Å². The van der Waals surface area contributed by atoms with Gasteiger partial charge in [0.1, 0.15) is 5.69 Å². The zero-order chi connectivity index (χ0) is 7.40. The number of hydrogen-bond acceptors (Lipinski definition) is 2. The van der Waals surface area contributed by atoms with Crippen molar-refractivity contribution >= 4 is 17.9 Å². The van der Waals surface area contributed by atoms with Crippen LogP contribution in [0.2, 0.25) is 0 Å². The Kier molecular flexibility index (Phi) is 2.40. The maximum Gasteiger partial charge on any atom is 0.168 e. The summed E-state index contributed by atoms with van der Waals surface area (Å²) in [7, 11) is 0. The number of aldehydes is 1. The number of carbonyl (C=O) groups is 1. The Morgan fingerprint density at radius 3 is 2.80 bits per heavy atom. The van der Waals surface area contributed by atoms with Crippen molar-refractivity contribution < 1.29 is 4.79 Å². The first-order valence-corrected chi connectivity index (χ1v) is 3.36. The second-order valence-electron chi connectivity index (χ2n) is 1.84. The molecule has 1 heterocycles. The van der Waals surface area contributed by atoms with Gasteiger partial charge in [-0.3, -0.25) is 9.78 Å². The predicted molar refractivity (Wildman–Crippen MR) is 39.2 cm³/mol. The van der Waals surface area contributed by atoms with E-state index in [0.29, 0.717) is 17.9 Å². The molecule has 0 N–H and O–H groups in total. The van der Waals surface area contributed by atoms with E-state index in [-0.39, 0.29) is 0 Å². The predicted octanol–water partition coefficient (Wildman–Crippen LogP) is 1.63. The molecule has 0 aliphatic rings. The molecule has 0 saturated carbocycles. The first-order chi connectivity index (χ1) is 4.86. The van der Waals surface area contributed by atoms with Crippen molar-refractivity contribution in [2.45, 2.75) is 5.88 Å². The molecule has 0 fully saturated rings. The Labute approximate surface area is 63.8 Å². The molecule has 0 amide bonds. The summed E-state index contributed by atoms with van der Waals surface area (Å²) in [5, 5.41) is 0. The molecule has 0 aliphatic carbocycles. The van der Waals surface area contributed by atoms with E-state index < -0.39 is 0 Å². The molecule has 52 valence electrons. The zero-order valence-corrected chi connectivity index (χ0v) is 6.01. The lowest BCUT2D eigenvalue weighted by Gasteiger charge is -1.91. The summed E-state index contributed by atoms with van der Waals surface area (Å²) in [6.07, 6.45) is 2.30. The van der Waals surface area contributed by atoms with Crippen molar-refractivity contribution in [1.29, 1.82) is 0 Å². The van der Waals surface area contributed by atoms with Crippen molar-refractivity contribution in [1.82, 2.24) is 4.98 Å². The number of nitrogens with zero attached hydrogens (tertiary/aromatic N) is 1. The van der Waals surface area contributed by atoms with Crippen molar-refractivity contribution in [2.75, 3.05) is 0 Å². The van der Waals surface area contributed by atoms with E-state index in [4.69, 9.17) is 11.6 Å². The van der Waals surface area contributed by atoms with Gasteiger partial charge >= 0.3 is 0 Å². The third kappa shape index (κ3) is 1.54. The largest absolute Gasteiger partial charge is 0.296 e. The maximum atomic E-state index is 10.1. The lowest BCUT2D eigenvalue weighted by molar-refractivity contribution is 0.111. The van der Waals surface area contributed by atoms with Crippen LogP contribution in [-0.2, 0) is 5.88 Å². The van der Waals surface area contributed by atoms with Crippen LogP contribution in [-0.4, -0.2) is 11.3 Å². The molecule has 0 aliphatic heterocycles. The zero-order valence-electron chi connectivity index (χ0n) is 5.25. The van der Waals surface area contributed by atoms with E-state index in [0.717, 1.165) is 5.56 Å². The number of rotatable bonds is 2. The second kappa shape index (κ2) is 3.32.